The number of nitrogens with one attached hydrogen (secondary N) is 1. The van der Waals surface area contributed by atoms with E-state index in [9.17, 15) is 8.42 Å². The first-order valence-electron chi connectivity index (χ1n) is 6.90. The average Bonchev–Trinajstić information content (AvgIpc) is 2.43. The highest BCUT2D eigenvalue weighted by atomic mass is 32.2. The molecule has 0 saturated heterocycles. The number of ether oxygens (including phenoxy) is 2. The fourth-order valence-corrected chi connectivity index (χ4v) is 3.01. The van der Waals surface area contributed by atoms with Crippen molar-refractivity contribution in [3.05, 3.63) is 0 Å². The highest BCUT2D eigenvalue weighted by Crippen LogP contribution is 2.07. The summed E-state index contributed by atoms with van der Waals surface area (Å²) in [6, 6.07) is 0. The van der Waals surface area contributed by atoms with Crippen LogP contribution in [-0.2, 0) is 19.7 Å². The summed E-state index contributed by atoms with van der Waals surface area (Å²) >= 11 is 0. The maximum absolute atomic E-state index is 12.4. The van der Waals surface area contributed by atoms with Crippen LogP contribution in [0.5, 0.6) is 0 Å². The van der Waals surface area contributed by atoms with Crippen LogP contribution < -0.4 is 5.32 Å². The molecule has 0 aromatic heterocycles. The van der Waals surface area contributed by atoms with Gasteiger partial charge in [0.25, 0.3) is 10.2 Å². The van der Waals surface area contributed by atoms with E-state index in [0.717, 1.165) is 19.5 Å². The van der Waals surface area contributed by atoms with Gasteiger partial charge in [0.05, 0.1) is 13.2 Å². The second kappa shape index (κ2) is 11.4. The monoisotopic (exact) mass is 311 g/mol. The van der Waals surface area contributed by atoms with E-state index in [4.69, 9.17) is 9.47 Å². The molecule has 0 aliphatic carbocycles. The van der Waals surface area contributed by atoms with Gasteiger partial charge in [-0.25, -0.2) is 0 Å². The number of methoxy groups -OCH3 is 2. The lowest BCUT2D eigenvalue weighted by Gasteiger charge is -2.27. The molecule has 0 bridgehead atoms. The second-order valence-corrected chi connectivity index (χ2v) is 6.46. The standard InChI is InChI=1S/C12H29N3O4S/c1-5-13-7-6-8-14(2)20(16,17)15(9-11-18-3)10-12-19-4/h13H,5-12H2,1-4H3. The first kappa shape index (κ1) is 19.8. The zero-order chi connectivity index (χ0) is 15.4. The van der Waals surface area contributed by atoms with Gasteiger partial charge in [0.2, 0.25) is 0 Å². The molecule has 0 atom stereocenters. The van der Waals surface area contributed by atoms with Crippen LogP contribution in [0.4, 0.5) is 0 Å². The van der Waals surface area contributed by atoms with Gasteiger partial charge in [0.1, 0.15) is 0 Å². The molecular formula is C12H29N3O4S. The third-order valence-electron chi connectivity index (χ3n) is 2.89. The van der Waals surface area contributed by atoms with Crippen LogP contribution in [0.25, 0.3) is 0 Å². The summed E-state index contributed by atoms with van der Waals surface area (Å²) < 4.78 is 37.6. The highest BCUT2D eigenvalue weighted by Gasteiger charge is 2.25. The Bertz CT molecular complexity index is 317. The lowest BCUT2D eigenvalue weighted by atomic mass is 10.4. The number of hydrogen-bond donors (Lipinski definition) is 1. The van der Waals surface area contributed by atoms with Crippen LogP contribution in [0.15, 0.2) is 0 Å². The lowest BCUT2D eigenvalue weighted by molar-refractivity contribution is 0.147. The summed E-state index contributed by atoms with van der Waals surface area (Å²) in [7, 11) is 1.26. The van der Waals surface area contributed by atoms with Crippen molar-refractivity contribution in [2.24, 2.45) is 0 Å². The zero-order valence-electron chi connectivity index (χ0n) is 13.1. The minimum atomic E-state index is -3.45. The van der Waals surface area contributed by atoms with Crippen LogP contribution >= 0.6 is 0 Å². The Balaban J connectivity index is 4.48. The first-order valence-corrected chi connectivity index (χ1v) is 8.30. The van der Waals surface area contributed by atoms with Crippen molar-refractivity contribution in [1.29, 1.82) is 0 Å². The fourth-order valence-electron chi connectivity index (χ4n) is 1.64. The van der Waals surface area contributed by atoms with Gasteiger partial charge in [-0.15, -0.1) is 0 Å². The molecule has 0 fully saturated rings. The topological polar surface area (TPSA) is 71.1 Å². The van der Waals surface area contributed by atoms with Crippen molar-refractivity contribution in [3.8, 4) is 0 Å². The Labute approximate surface area is 123 Å². The molecule has 0 spiro atoms. The Kier molecular flexibility index (Phi) is 11.3. The molecule has 122 valence electrons. The molecule has 20 heavy (non-hydrogen) atoms. The Morgan fingerprint density at radius 3 is 2.05 bits per heavy atom. The molecule has 0 aliphatic heterocycles. The Morgan fingerprint density at radius 2 is 1.60 bits per heavy atom. The molecule has 0 aliphatic rings. The third kappa shape index (κ3) is 7.51. The summed E-state index contributed by atoms with van der Waals surface area (Å²) in [6.07, 6.45) is 0.784. The van der Waals surface area contributed by atoms with Crippen molar-refractivity contribution < 1.29 is 17.9 Å². The normalized spacial score (nSPS) is 12.5. The predicted octanol–water partition coefficient (Wildman–Crippen LogP) is -0.243. The van der Waals surface area contributed by atoms with Gasteiger partial charge >= 0.3 is 0 Å². The third-order valence-corrected chi connectivity index (χ3v) is 4.87. The van der Waals surface area contributed by atoms with Crippen molar-refractivity contribution >= 4 is 10.2 Å². The molecular weight excluding hydrogens is 282 g/mol. The Morgan fingerprint density at radius 1 is 1.05 bits per heavy atom. The summed E-state index contributed by atoms with van der Waals surface area (Å²) in [5, 5.41) is 3.18. The van der Waals surface area contributed by atoms with E-state index in [1.165, 1.54) is 8.61 Å². The minimum absolute atomic E-state index is 0.333. The van der Waals surface area contributed by atoms with Crippen molar-refractivity contribution in [3.63, 3.8) is 0 Å². The van der Waals surface area contributed by atoms with Gasteiger partial charge in [0, 0.05) is 40.9 Å². The zero-order valence-corrected chi connectivity index (χ0v) is 13.9. The van der Waals surface area contributed by atoms with E-state index in [0.29, 0.717) is 32.8 Å². The molecule has 0 aromatic carbocycles. The van der Waals surface area contributed by atoms with Gasteiger partial charge in [-0.2, -0.15) is 17.0 Å². The summed E-state index contributed by atoms with van der Waals surface area (Å²) in [5.74, 6) is 0. The fraction of sp³-hybridized carbons (Fsp3) is 1.00. The van der Waals surface area contributed by atoms with Crippen molar-refractivity contribution in [1.82, 2.24) is 13.9 Å². The van der Waals surface area contributed by atoms with Crippen LogP contribution in [0.3, 0.4) is 0 Å². The van der Waals surface area contributed by atoms with Crippen LogP contribution in [-0.4, -0.2) is 84.2 Å². The largest absolute Gasteiger partial charge is 0.383 e. The van der Waals surface area contributed by atoms with Crippen LogP contribution in [0, 0.1) is 0 Å². The molecule has 0 aromatic rings. The predicted molar refractivity (Wildman–Crippen MR) is 80.0 cm³/mol. The van der Waals surface area contributed by atoms with Crippen molar-refractivity contribution in [2.75, 3.05) is 67.2 Å². The Hall–Kier alpha value is -0.250. The SMILES string of the molecule is CCNCCCN(C)S(=O)(=O)N(CCOC)CCOC. The van der Waals surface area contributed by atoms with Gasteiger partial charge in [-0.05, 0) is 19.5 Å². The number of rotatable bonds is 13. The average molecular weight is 311 g/mol. The molecule has 0 radical (unpaired) electrons. The molecule has 0 amide bonds. The number of hydrogen-bond acceptors (Lipinski definition) is 5. The van der Waals surface area contributed by atoms with Crippen LogP contribution in [0.1, 0.15) is 13.3 Å². The molecule has 0 rings (SSSR count). The van der Waals surface area contributed by atoms with E-state index in [2.05, 4.69) is 5.32 Å². The van der Waals surface area contributed by atoms with Crippen LogP contribution in [0.2, 0.25) is 0 Å². The summed E-state index contributed by atoms with van der Waals surface area (Å²) in [4.78, 5) is 0. The summed E-state index contributed by atoms with van der Waals surface area (Å²) in [5.41, 5.74) is 0. The van der Waals surface area contributed by atoms with E-state index < -0.39 is 10.2 Å². The molecule has 8 heteroatoms. The molecule has 7 nitrogen and oxygen atoms in total. The van der Waals surface area contributed by atoms with E-state index >= 15 is 0 Å². The van der Waals surface area contributed by atoms with Gasteiger partial charge < -0.3 is 14.8 Å². The van der Waals surface area contributed by atoms with Gasteiger partial charge in [0.15, 0.2) is 0 Å². The summed E-state index contributed by atoms with van der Waals surface area (Å²) in [6.45, 7) is 5.63. The highest BCUT2D eigenvalue weighted by molar-refractivity contribution is 7.86. The molecule has 0 saturated carbocycles. The number of nitrogens with zero attached hydrogens (tertiary/aromatic N) is 2. The molecule has 0 heterocycles. The van der Waals surface area contributed by atoms with E-state index in [1.54, 1.807) is 21.3 Å². The molecule has 1 N–H and O–H groups in total. The van der Waals surface area contributed by atoms with E-state index in [-0.39, 0.29) is 0 Å². The molecule has 0 unspecified atom stereocenters. The first-order chi connectivity index (χ1) is 9.50. The maximum Gasteiger partial charge on any atom is 0.281 e. The van der Waals surface area contributed by atoms with Crippen molar-refractivity contribution in [2.45, 2.75) is 13.3 Å². The van der Waals surface area contributed by atoms with Gasteiger partial charge in [-0.3, -0.25) is 0 Å². The lowest BCUT2D eigenvalue weighted by Crippen LogP contribution is -2.45. The van der Waals surface area contributed by atoms with Gasteiger partial charge in [-0.1, -0.05) is 6.92 Å². The quantitative estimate of drug-likeness (QED) is 0.475. The smallest absolute Gasteiger partial charge is 0.281 e. The minimum Gasteiger partial charge on any atom is -0.383 e. The second-order valence-electron chi connectivity index (χ2n) is 4.42. The van der Waals surface area contributed by atoms with E-state index in [1.807, 2.05) is 6.92 Å². The maximum atomic E-state index is 12.4.